The summed E-state index contributed by atoms with van der Waals surface area (Å²) < 4.78 is 16.3. The van der Waals surface area contributed by atoms with Gasteiger partial charge < -0.3 is 23.7 Å². The third-order valence-corrected chi connectivity index (χ3v) is 6.51. The Labute approximate surface area is 218 Å². The first-order chi connectivity index (χ1) is 18.1. The lowest BCUT2D eigenvalue weighted by Crippen LogP contribution is -2.47. The van der Waals surface area contributed by atoms with Gasteiger partial charge in [-0.05, 0) is 42.3 Å². The smallest absolute Gasteiger partial charge is 0.254 e. The molecule has 1 saturated heterocycles. The monoisotopic (exact) mass is 505 g/mol. The number of hydrogen-bond donors (Lipinski definition) is 0. The van der Waals surface area contributed by atoms with Crippen LogP contribution < -0.4 is 4.74 Å². The molecule has 0 saturated carbocycles. The number of amides is 2. The van der Waals surface area contributed by atoms with Gasteiger partial charge in [0.1, 0.15) is 18.1 Å². The molecule has 1 aliphatic heterocycles. The first-order valence-corrected chi connectivity index (χ1v) is 12.7. The largest absolute Gasteiger partial charge is 0.497 e. The number of nitrogens with zero attached hydrogens (tertiary/aromatic N) is 3. The molecule has 0 N–H and O–H groups in total. The third-order valence-electron chi connectivity index (χ3n) is 6.51. The van der Waals surface area contributed by atoms with E-state index in [4.69, 9.17) is 13.9 Å². The molecule has 0 atom stereocenters. The van der Waals surface area contributed by atoms with Crippen LogP contribution >= 0.6 is 0 Å². The highest BCUT2D eigenvalue weighted by molar-refractivity contribution is 5.96. The summed E-state index contributed by atoms with van der Waals surface area (Å²) in [7, 11) is 1.57. The van der Waals surface area contributed by atoms with Crippen molar-refractivity contribution in [2.75, 3.05) is 59.6 Å². The molecule has 37 heavy (non-hydrogen) atoms. The maximum absolute atomic E-state index is 13.6. The van der Waals surface area contributed by atoms with E-state index in [1.807, 2.05) is 30.3 Å². The molecule has 4 rings (SSSR count). The molecular formula is C29H35N3O5. The summed E-state index contributed by atoms with van der Waals surface area (Å²) in [6.45, 7) is 4.96. The number of carbonyl (C=O) groups is 2. The summed E-state index contributed by atoms with van der Waals surface area (Å²) in [5.41, 5.74) is 1.65. The molecule has 1 aliphatic rings. The van der Waals surface area contributed by atoms with Gasteiger partial charge in [-0.1, -0.05) is 36.4 Å². The van der Waals surface area contributed by atoms with Crippen molar-refractivity contribution < 1.29 is 23.5 Å². The molecule has 2 amide bonds. The van der Waals surface area contributed by atoms with Gasteiger partial charge in [-0.2, -0.15) is 0 Å². The van der Waals surface area contributed by atoms with Crippen LogP contribution in [0.1, 0.15) is 21.7 Å². The van der Waals surface area contributed by atoms with Gasteiger partial charge in [-0.15, -0.1) is 0 Å². The molecule has 196 valence electrons. The van der Waals surface area contributed by atoms with Crippen LogP contribution in [0.25, 0.3) is 0 Å². The van der Waals surface area contributed by atoms with Crippen LogP contribution in [0.3, 0.4) is 0 Å². The molecule has 0 radical (unpaired) electrons. The van der Waals surface area contributed by atoms with Crippen LogP contribution in [0.2, 0.25) is 0 Å². The Balaban J connectivity index is 1.49. The van der Waals surface area contributed by atoms with Crippen LogP contribution in [-0.4, -0.2) is 86.1 Å². The fraction of sp³-hybridized carbons (Fsp3) is 0.379. The van der Waals surface area contributed by atoms with Crippen LogP contribution in [0.5, 0.6) is 5.75 Å². The zero-order valence-corrected chi connectivity index (χ0v) is 21.4. The number of carbonyl (C=O) groups excluding carboxylic acids is 2. The Morgan fingerprint density at radius 1 is 0.946 bits per heavy atom. The minimum absolute atomic E-state index is 0.0180. The minimum atomic E-state index is -0.193. The zero-order chi connectivity index (χ0) is 25.9. The SMILES string of the molecule is COc1cccc(C(=O)N(CCN2CCOCC2)CC(=O)N(CCc2ccccc2)Cc2ccco2)c1. The van der Waals surface area contributed by atoms with Gasteiger partial charge >= 0.3 is 0 Å². The van der Waals surface area contributed by atoms with Gasteiger partial charge in [0.25, 0.3) is 5.91 Å². The fourth-order valence-electron chi connectivity index (χ4n) is 4.33. The quantitative estimate of drug-likeness (QED) is 0.376. The van der Waals surface area contributed by atoms with Crippen LogP contribution in [-0.2, 0) is 22.5 Å². The molecule has 0 unspecified atom stereocenters. The number of methoxy groups -OCH3 is 1. The molecule has 3 aromatic rings. The second kappa shape index (κ2) is 13.6. The van der Waals surface area contributed by atoms with E-state index < -0.39 is 0 Å². The van der Waals surface area contributed by atoms with Crippen molar-refractivity contribution in [1.29, 1.82) is 0 Å². The van der Waals surface area contributed by atoms with Crippen LogP contribution in [0, 0.1) is 0 Å². The number of furan rings is 1. The number of benzene rings is 2. The summed E-state index contributed by atoms with van der Waals surface area (Å²) in [6.07, 6.45) is 2.32. The normalized spacial score (nSPS) is 13.8. The third kappa shape index (κ3) is 7.93. The lowest BCUT2D eigenvalue weighted by molar-refractivity contribution is -0.132. The van der Waals surface area contributed by atoms with E-state index in [2.05, 4.69) is 17.0 Å². The lowest BCUT2D eigenvalue weighted by atomic mass is 10.1. The molecule has 2 aromatic carbocycles. The first-order valence-electron chi connectivity index (χ1n) is 12.7. The predicted octanol–water partition coefficient (Wildman–Crippen LogP) is 3.33. The fourth-order valence-corrected chi connectivity index (χ4v) is 4.33. The summed E-state index contributed by atoms with van der Waals surface area (Å²) in [4.78, 5) is 32.9. The van der Waals surface area contributed by atoms with Gasteiger partial charge in [0.15, 0.2) is 0 Å². The van der Waals surface area contributed by atoms with Gasteiger partial charge in [-0.25, -0.2) is 0 Å². The van der Waals surface area contributed by atoms with E-state index in [-0.39, 0.29) is 18.4 Å². The number of hydrogen-bond acceptors (Lipinski definition) is 6. The predicted molar refractivity (Wildman–Crippen MR) is 140 cm³/mol. The Bertz CT molecular complexity index is 1110. The minimum Gasteiger partial charge on any atom is -0.497 e. The Hall–Kier alpha value is -3.62. The topological polar surface area (TPSA) is 75.5 Å². The van der Waals surface area contributed by atoms with Gasteiger partial charge in [0.05, 0.1) is 33.1 Å². The maximum atomic E-state index is 13.6. The first kappa shape index (κ1) is 26.4. The van der Waals surface area contributed by atoms with Crippen molar-refractivity contribution in [2.24, 2.45) is 0 Å². The zero-order valence-electron chi connectivity index (χ0n) is 21.4. The average Bonchev–Trinajstić information content (AvgIpc) is 3.47. The van der Waals surface area contributed by atoms with Gasteiger partial charge in [-0.3, -0.25) is 14.5 Å². The molecule has 8 nitrogen and oxygen atoms in total. The second-order valence-corrected chi connectivity index (χ2v) is 9.04. The van der Waals surface area contributed by atoms with Crippen LogP contribution in [0.4, 0.5) is 0 Å². The molecule has 0 spiro atoms. The maximum Gasteiger partial charge on any atom is 0.254 e. The summed E-state index contributed by atoms with van der Waals surface area (Å²) in [6, 6.07) is 20.8. The van der Waals surface area contributed by atoms with E-state index in [9.17, 15) is 9.59 Å². The number of morpholine rings is 1. The van der Waals surface area contributed by atoms with E-state index in [1.165, 1.54) is 0 Å². The molecule has 0 bridgehead atoms. The highest BCUT2D eigenvalue weighted by atomic mass is 16.5. The van der Waals surface area contributed by atoms with Crippen molar-refractivity contribution >= 4 is 11.8 Å². The molecule has 2 heterocycles. The molecule has 8 heteroatoms. The lowest BCUT2D eigenvalue weighted by Gasteiger charge is -2.31. The van der Waals surface area contributed by atoms with Crippen molar-refractivity contribution in [3.8, 4) is 5.75 Å². The van der Waals surface area contributed by atoms with E-state index in [0.29, 0.717) is 62.9 Å². The van der Waals surface area contributed by atoms with Crippen molar-refractivity contribution in [1.82, 2.24) is 14.7 Å². The standard InChI is InChI=1S/C29H35N3O5/c1-35-26-10-5-9-25(21-26)29(34)32(15-14-30-16-19-36-20-17-30)23-28(33)31(22-27-11-6-18-37-27)13-12-24-7-3-2-4-8-24/h2-11,18,21H,12-17,19-20,22-23H2,1H3. The second-order valence-electron chi connectivity index (χ2n) is 9.04. The Morgan fingerprint density at radius 2 is 1.76 bits per heavy atom. The van der Waals surface area contributed by atoms with Crippen LogP contribution in [0.15, 0.2) is 77.4 Å². The van der Waals surface area contributed by atoms with E-state index >= 15 is 0 Å². The number of ether oxygens (including phenoxy) is 2. The van der Waals surface area contributed by atoms with Gasteiger partial charge in [0, 0.05) is 38.3 Å². The summed E-state index contributed by atoms with van der Waals surface area (Å²) in [5.74, 6) is 1.00. The summed E-state index contributed by atoms with van der Waals surface area (Å²) in [5, 5.41) is 0. The van der Waals surface area contributed by atoms with Crippen molar-refractivity contribution in [3.05, 3.63) is 89.9 Å². The average molecular weight is 506 g/mol. The molecule has 1 fully saturated rings. The molecular weight excluding hydrogens is 470 g/mol. The molecule has 1 aromatic heterocycles. The number of rotatable bonds is 12. The van der Waals surface area contributed by atoms with E-state index in [0.717, 1.165) is 18.7 Å². The Kier molecular flexibility index (Phi) is 9.74. The van der Waals surface area contributed by atoms with Crippen molar-refractivity contribution in [3.63, 3.8) is 0 Å². The highest BCUT2D eigenvalue weighted by Gasteiger charge is 2.24. The highest BCUT2D eigenvalue weighted by Crippen LogP contribution is 2.16. The Morgan fingerprint density at radius 3 is 2.49 bits per heavy atom. The van der Waals surface area contributed by atoms with Crippen molar-refractivity contribution in [2.45, 2.75) is 13.0 Å². The van der Waals surface area contributed by atoms with E-state index in [1.54, 1.807) is 47.4 Å². The summed E-state index contributed by atoms with van der Waals surface area (Å²) >= 11 is 0. The van der Waals surface area contributed by atoms with Gasteiger partial charge in [0.2, 0.25) is 5.91 Å². The molecule has 0 aliphatic carbocycles.